The smallest absolute Gasteiger partial charge is 0.261 e. The molecule has 0 aromatic heterocycles. The number of rotatable bonds is 5. The molecule has 0 saturated carbocycles. The van der Waals surface area contributed by atoms with E-state index in [9.17, 15) is 13.2 Å². The number of anilines is 2. The third-order valence-corrected chi connectivity index (χ3v) is 7.54. The minimum absolute atomic E-state index is 0.105. The molecule has 4 rings (SSSR count). The molecule has 1 heterocycles. The van der Waals surface area contributed by atoms with E-state index in [4.69, 9.17) is 11.6 Å². The van der Waals surface area contributed by atoms with E-state index in [-0.39, 0.29) is 10.8 Å². The van der Waals surface area contributed by atoms with Gasteiger partial charge in [-0.1, -0.05) is 23.7 Å². The summed E-state index contributed by atoms with van der Waals surface area (Å²) >= 11 is 6.09. The molecule has 1 amide bonds. The maximum atomic E-state index is 12.9. The van der Waals surface area contributed by atoms with Crippen molar-refractivity contribution < 1.29 is 13.2 Å². The Morgan fingerprint density at radius 2 is 1.58 bits per heavy atom. The highest BCUT2D eigenvalue weighted by Crippen LogP contribution is 2.22. The van der Waals surface area contributed by atoms with Gasteiger partial charge < -0.3 is 9.80 Å². The van der Waals surface area contributed by atoms with Gasteiger partial charge in [-0.25, -0.2) is 8.42 Å². The fourth-order valence-corrected chi connectivity index (χ4v) is 5.05. The van der Waals surface area contributed by atoms with Crippen LogP contribution in [-0.2, 0) is 10.0 Å². The Labute approximate surface area is 199 Å². The summed E-state index contributed by atoms with van der Waals surface area (Å²) in [7, 11) is -3.74. The number of halogens is 1. The van der Waals surface area contributed by atoms with E-state index in [0.29, 0.717) is 42.5 Å². The largest absolute Gasteiger partial charge is 0.368 e. The van der Waals surface area contributed by atoms with Gasteiger partial charge in [0.05, 0.1) is 4.90 Å². The summed E-state index contributed by atoms with van der Waals surface area (Å²) in [4.78, 5) is 17.0. The van der Waals surface area contributed by atoms with Crippen molar-refractivity contribution >= 4 is 38.9 Å². The minimum Gasteiger partial charge on any atom is -0.368 e. The fraction of sp³-hybridized carbons (Fsp3) is 0.240. The molecule has 1 aliphatic rings. The number of aryl methyl sites for hydroxylation is 2. The summed E-state index contributed by atoms with van der Waals surface area (Å²) in [6.45, 7) is 6.49. The lowest BCUT2D eigenvalue weighted by Crippen LogP contribution is -2.48. The van der Waals surface area contributed by atoms with Crippen molar-refractivity contribution in [3.05, 3.63) is 88.4 Å². The van der Waals surface area contributed by atoms with E-state index in [1.807, 2.05) is 44.2 Å². The van der Waals surface area contributed by atoms with E-state index in [2.05, 4.69) is 9.62 Å². The highest BCUT2D eigenvalue weighted by molar-refractivity contribution is 7.92. The van der Waals surface area contributed by atoms with Gasteiger partial charge in [0.1, 0.15) is 0 Å². The Morgan fingerprint density at radius 1 is 0.879 bits per heavy atom. The second kappa shape index (κ2) is 9.45. The van der Waals surface area contributed by atoms with Crippen LogP contribution in [0.15, 0.2) is 71.6 Å². The fourth-order valence-electron chi connectivity index (χ4n) is 3.82. The number of sulfonamides is 1. The van der Waals surface area contributed by atoms with Crippen LogP contribution in [0, 0.1) is 13.8 Å². The number of benzene rings is 3. The van der Waals surface area contributed by atoms with Gasteiger partial charge in [-0.2, -0.15) is 0 Å². The normalized spacial score (nSPS) is 14.3. The number of amides is 1. The maximum absolute atomic E-state index is 12.9. The molecule has 0 atom stereocenters. The van der Waals surface area contributed by atoms with Crippen molar-refractivity contribution in [1.29, 1.82) is 0 Å². The van der Waals surface area contributed by atoms with E-state index in [1.54, 1.807) is 29.2 Å². The van der Waals surface area contributed by atoms with Crippen LogP contribution >= 0.6 is 11.6 Å². The van der Waals surface area contributed by atoms with E-state index in [1.165, 1.54) is 12.1 Å². The van der Waals surface area contributed by atoms with Crippen LogP contribution in [0.3, 0.4) is 0 Å². The van der Waals surface area contributed by atoms with E-state index < -0.39 is 10.0 Å². The Kier molecular flexibility index (Phi) is 6.63. The first-order valence-electron chi connectivity index (χ1n) is 10.7. The molecule has 0 bridgehead atoms. The van der Waals surface area contributed by atoms with Gasteiger partial charge in [-0.3, -0.25) is 9.52 Å². The molecule has 1 aliphatic heterocycles. The molecule has 6 nitrogen and oxygen atoms in total. The standard InChI is InChI=1S/C25H26ClN3O3S/c1-18-6-9-22(16-19(18)2)27-33(31,32)24-10-7-20(8-11-24)25(30)29-14-12-28(13-15-29)23-5-3-4-21(26)17-23/h3-11,16-17,27H,12-15H2,1-2H3. The topological polar surface area (TPSA) is 69.7 Å². The molecule has 0 aliphatic carbocycles. The second-order valence-electron chi connectivity index (χ2n) is 8.19. The summed E-state index contributed by atoms with van der Waals surface area (Å²) in [5.74, 6) is -0.105. The van der Waals surface area contributed by atoms with Gasteiger partial charge in [0.25, 0.3) is 15.9 Å². The van der Waals surface area contributed by atoms with E-state index in [0.717, 1.165) is 16.8 Å². The van der Waals surface area contributed by atoms with Crippen LogP contribution in [-0.4, -0.2) is 45.4 Å². The molecule has 3 aromatic carbocycles. The number of hydrogen-bond acceptors (Lipinski definition) is 4. The zero-order chi connectivity index (χ0) is 23.6. The summed E-state index contributed by atoms with van der Waals surface area (Å²) in [6.07, 6.45) is 0. The molecule has 1 saturated heterocycles. The molecule has 0 radical (unpaired) electrons. The number of carbonyl (C=O) groups is 1. The van der Waals surface area contributed by atoms with Crippen LogP contribution in [0.4, 0.5) is 11.4 Å². The van der Waals surface area contributed by atoms with Gasteiger partial charge in [0.2, 0.25) is 0 Å². The first-order valence-corrected chi connectivity index (χ1v) is 12.6. The maximum Gasteiger partial charge on any atom is 0.261 e. The molecule has 0 unspecified atom stereocenters. The van der Waals surface area contributed by atoms with Crippen LogP contribution in [0.2, 0.25) is 5.02 Å². The third kappa shape index (κ3) is 5.31. The number of hydrogen-bond donors (Lipinski definition) is 1. The predicted molar refractivity (Wildman–Crippen MR) is 133 cm³/mol. The van der Waals surface area contributed by atoms with Crippen LogP contribution < -0.4 is 9.62 Å². The Balaban J connectivity index is 1.40. The Bertz CT molecular complexity index is 1270. The van der Waals surface area contributed by atoms with Crippen molar-refractivity contribution in [3.8, 4) is 0 Å². The minimum atomic E-state index is -3.74. The monoisotopic (exact) mass is 483 g/mol. The van der Waals surface area contributed by atoms with E-state index >= 15 is 0 Å². The highest BCUT2D eigenvalue weighted by Gasteiger charge is 2.23. The lowest BCUT2D eigenvalue weighted by Gasteiger charge is -2.36. The second-order valence-corrected chi connectivity index (χ2v) is 10.3. The first-order chi connectivity index (χ1) is 15.7. The van der Waals surface area contributed by atoms with Gasteiger partial charge >= 0.3 is 0 Å². The van der Waals surface area contributed by atoms with Crippen molar-refractivity contribution in [2.24, 2.45) is 0 Å². The molecule has 33 heavy (non-hydrogen) atoms. The molecule has 0 spiro atoms. The highest BCUT2D eigenvalue weighted by atomic mass is 35.5. The van der Waals surface area contributed by atoms with Gasteiger partial charge in [0.15, 0.2) is 0 Å². The zero-order valence-corrected chi connectivity index (χ0v) is 20.2. The van der Waals surface area contributed by atoms with Crippen molar-refractivity contribution in [2.45, 2.75) is 18.7 Å². The summed E-state index contributed by atoms with van der Waals surface area (Å²) in [6, 6.07) is 19.2. The van der Waals surface area contributed by atoms with Gasteiger partial charge in [0, 0.05) is 48.1 Å². The summed E-state index contributed by atoms with van der Waals surface area (Å²) in [5.41, 5.74) is 4.12. The van der Waals surface area contributed by atoms with Crippen molar-refractivity contribution in [1.82, 2.24) is 4.90 Å². The van der Waals surface area contributed by atoms with Crippen LogP contribution in [0.1, 0.15) is 21.5 Å². The number of nitrogens with zero attached hydrogens (tertiary/aromatic N) is 2. The molecular weight excluding hydrogens is 458 g/mol. The quantitative estimate of drug-likeness (QED) is 0.570. The Hall–Kier alpha value is -3.03. The van der Waals surface area contributed by atoms with Crippen molar-refractivity contribution in [3.63, 3.8) is 0 Å². The lowest BCUT2D eigenvalue weighted by molar-refractivity contribution is 0.0746. The number of nitrogens with one attached hydrogen (secondary N) is 1. The SMILES string of the molecule is Cc1ccc(NS(=O)(=O)c2ccc(C(=O)N3CCN(c4cccc(Cl)c4)CC3)cc2)cc1C. The molecule has 1 fully saturated rings. The summed E-state index contributed by atoms with van der Waals surface area (Å²) in [5, 5.41) is 0.688. The van der Waals surface area contributed by atoms with Crippen molar-refractivity contribution in [2.75, 3.05) is 35.8 Å². The molecule has 172 valence electrons. The number of piperazine rings is 1. The Morgan fingerprint density at radius 3 is 2.21 bits per heavy atom. The van der Waals surface area contributed by atoms with Gasteiger partial charge in [-0.15, -0.1) is 0 Å². The molecule has 8 heteroatoms. The molecule has 3 aromatic rings. The average Bonchev–Trinajstić information content (AvgIpc) is 2.81. The van der Waals surface area contributed by atoms with Gasteiger partial charge in [-0.05, 0) is 79.6 Å². The first kappa shape index (κ1) is 23.1. The molecule has 1 N–H and O–H groups in total. The number of carbonyl (C=O) groups excluding carboxylic acids is 1. The van der Waals surface area contributed by atoms with Crippen LogP contribution in [0.25, 0.3) is 0 Å². The summed E-state index contributed by atoms with van der Waals surface area (Å²) < 4.78 is 28.1. The van der Waals surface area contributed by atoms with Crippen LogP contribution in [0.5, 0.6) is 0 Å². The zero-order valence-electron chi connectivity index (χ0n) is 18.6. The predicted octanol–water partition coefficient (Wildman–Crippen LogP) is 4.72. The third-order valence-electron chi connectivity index (χ3n) is 5.91. The molecular formula is C25H26ClN3O3S. The lowest BCUT2D eigenvalue weighted by atomic mass is 10.1. The average molecular weight is 484 g/mol.